The Kier molecular flexibility index (Phi) is 6.03. The minimum atomic E-state index is -0.308. The zero-order chi connectivity index (χ0) is 20.2. The molecule has 1 aliphatic heterocycles. The summed E-state index contributed by atoms with van der Waals surface area (Å²) in [5.41, 5.74) is 0.996. The highest BCUT2D eigenvalue weighted by molar-refractivity contribution is 7.99. The van der Waals surface area contributed by atoms with Crippen LogP contribution in [0.5, 0.6) is 0 Å². The molecule has 1 saturated carbocycles. The van der Waals surface area contributed by atoms with Gasteiger partial charge in [0.15, 0.2) is 0 Å². The first-order valence-corrected chi connectivity index (χ1v) is 11.0. The number of piperazine rings is 1. The van der Waals surface area contributed by atoms with Gasteiger partial charge in [-0.25, -0.2) is 14.5 Å². The first kappa shape index (κ1) is 19.8. The molecule has 9 heteroatoms. The lowest BCUT2D eigenvalue weighted by atomic mass is 10.3. The molecule has 8 nitrogen and oxygen atoms in total. The number of benzene rings is 1. The van der Waals surface area contributed by atoms with E-state index < -0.39 is 0 Å². The first-order chi connectivity index (χ1) is 14.2. The van der Waals surface area contributed by atoms with Crippen molar-refractivity contribution in [2.24, 2.45) is 0 Å². The van der Waals surface area contributed by atoms with Crippen LogP contribution >= 0.6 is 11.8 Å². The summed E-state index contributed by atoms with van der Waals surface area (Å²) in [6.45, 7) is 4.20. The Balaban J connectivity index is 1.34. The minimum absolute atomic E-state index is 0.0440. The Labute approximate surface area is 174 Å². The van der Waals surface area contributed by atoms with E-state index in [-0.39, 0.29) is 12.0 Å². The Morgan fingerprint density at radius 1 is 1.10 bits per heavy atom. The number of nitrogens with zero attached hydrogens (tertiary/aromatic N) is 5. The highest BCUT2D eigenvalue weighted by Crippen LogP contribution is 2.40. The summed E-state index contributed by atoms with van der Waals surface area (Å²) in [6, 6.07) is 9.99. The van der Waals surface area contributed by atoms with Crippen molar-refractivity contribution in [2.45, 2.75) is 30.8 Å². The topological polar surface area (TPSA) is 80.6 Å². The second kappa shape index (κ2) is 8.86. The molecule has 4 rings (SSSR count). The van der Waals surface area contributed by atoms with E-state index in [9.17, 15) is 9.59 Å². The second-order valence-electron chi connectivity index (χ2n) is 7.13. The van der Waals surface area contributed by atoms with Gasteiger partial charge in [0.05, 0.1) is 18.0 Å². The fraction of sp³-hybridized carbons (Fsp3) is 0.500. The highest BCUT2D eigenvalue weighted by Gasteiger charge is 2.31. The normalized spacial score (nSPS) is 16.7. The van der Waals surface area contributed by atoms with Crippen molar-refractivity contribution in [1.29, 1.82) is 0 Å². The van der Waals surface area contributed by atoms with Gasteiger partial charge in [0, 0.05) is 32.1 Å². The molecule has 0 atom stereocenters. The maximum atomic E-state index is 12.6. The molecule has 2 amide bonds. The highest BCUT2D eigenvalue weighted by atomic mass is 32.2. The quantitative estimate of drug-likeness (QED) is 0.675. The van der Waals surface area contributed by atoms with E-state index >= 15 is 0 Å². The first-order valence-electron chi connectivity index (χ1n) is 10.0. The number of thioether (sulfide) groups is 1. The molecule has 2 aromatic rings. The largest absolute Gasteiger partial charge is 0.450 e. The summed E-state index contributed by atoms with van der Waals surface area (Å²) < 4.78 is 6.92. The predicted molar refractivity (Wildman–Crippen MR) is 109 cm³/mol. The van der Waals surface area contributed by atoms with Crippen molar-refractivity contribution in [3.05, 3.63) is 36.2 Å². The van der Waals surface area contributed by atoms with E-state index in [2.05, 4.69) is 5.10 Å². The van der Waals surface area contributed by atoms with E-state index in [0.29, 0.717) is 49.6 Å². The molecule has 1 aromatic heterocycles. The molecule has 2 aliphatic rings. The maximum absolute atomic E-state index is 12.6. The average Bonchev–Trinajstić information content (AvgIpc) is 3.52. The van der Waals surface area contributed by atoms with Gasteiger partial charge in [-0.15, -0.1) is 5.10 Å². The van der Waals surface area contributed by atoms with Crippen molar-refractivity contribution >= 4 is 23.8 Å². The van der Waals surface area contributed by atoms with Crippen molar-refractivity contribution in [3.63, 3.8) is 0 Å². The number of para-hydroxylation sites is 1. The lowest BCUT2D eigenvalue weighted by Crippen LogP contribution is -2.51. The molecule has 2 fully saturated rings. The van der Waals surface area contributed by atoms with Crippen LogP contribution in [0.15, 0.2) is 35.5 Å². The summed E-state index contributed by atoms with van der Waals surface area (Å²) >= 11 is 1.37. The molecular formula is C20H25N5O3S. The molecular weight excluding hydrogens is 390 g/mol. The Morgan fingerprint density at radius 2 is 1.79 bits per heavy atom. The van der Waals surface area contributed by atoms with Gasteiger partial charge in [0.1, 0.15) is 5.82 Å². The molecule has 0 N–H and O–H groups in total. The van der Waals surface area contributed by atoms with Crippen LogP contribution in [-0.2, 0) is 9.53 Å². The third-order valence-electron chi connectivity index (χ3n) is 5.04. The van der Waals surface area contributed by atoms with Crippen LogP contribution in [0.2, 0.25) is 0 Å². The molecule has 154 valence electrons. The molecule has 1 aromatic carbocycles. The van der Waals surface area contributed by atoms with E-state index in [1.54, 1.807) is 16.7 Å². The molecule has 0 unspecified atom stereocenters. The van der Waals surface area contributed by atoms with Crippen molar-refractivity contribution in [1.82, 2.24) is 24.6 Å². The lowest BCUT2D eigenvalue weighted by Gasteiger charge is -2.33. The maximum Gasteiger partial charge on any atom is 0.409 e. The van der Waals surface area contributed by atoms with Crippen molar-refractivity contribution in [2.75, 3.05) is 38.5 Å². The lowest BCUT2D eigenvalue weighted by molar-refractivity contribution is -0.129. The van der Waals surface area contributed by atoms with Crippen LogP contribution in [0.25, 0.3) is 5.69 Å². The fourth-order valence-corrected chi connectivity index (χ4v) is 4.03. The van der Waals surface area contributed by atoms with Crippen LogP contribution in [-0.4, -0.2) is 75.1 Å². The van der Waals surface area contributed by atoms with Gasteiger partial charge in [0.2, 0.25) is 11.1 Å². The van der Waals surface area contributed by atoms with Crippen molar-refractivity contribution in [3.8, 4) is 5.69 Å². The summed E-state index contributed by atoms with van der Waals surface area (Å²) in [6.07, 6.45) is 1.97. The molecule has 2 heterocycles. The third kappa shape index (κ3) is 4.72. The SMILES string of the molecule is CCOC(=O)N1CCN(C(=O)CSc2nc(C3CC3)n(-c3ccccc3)n2)CC1. The number of hydrogen-bond acceptors (Lipinski definition) is 6. The summed E-state index contributed by atoms with van der Waals surface area (Å²) in [5.74, 6) is 1.78. The smallest absolute Gasteiger partial charge is 0.409 e. The molecule has 1 saturated heterocycles. The number of carbonyl (C=O) groups excluding carboxylic acids is 2. The van der Waals surface area contributed by atoms with Gasteiger partial charge in [-0.05, 0) is 31.9 Å². The summed E-state index contributed by atoms with van der Waals surface area (Å²) in [7, 11) is 0. The van der Waals surface area contributed by atoms with E-state index in [1.807, 2.05) is 35.0 Å². The van der Waals surface area contributed by atoms with Crippen LogP contribution in [0, 0.1) is 0 Å². The van der Waals surface area contributed by atoms with Crippen LogP contribution in [0.1, 0.15) is 31.5 Å². The Bertz CT molecular complexity index is 860. The predicted octanol–water partition coefficient (Wildman–Crippen LogP) is 2.54. The summed E-state index contributed by atoms with van der Waals surface area (Å²) in [5, 5.41) is 5.28. The van der Waals surface area contributed by atoms with Crippen LogP contribution < -0.4 is 0 Å². The zero-order valence-corrected chi connectivity index (χ0v) is 17.3. The molecule has 29 heavy (non-hydrogen) atoms. The number of rotatable bonds is 6. The van der Waals surface area contributed by atoms with Gasteiger partial charge in [-0.3, -0.25) is 4.79 Å². The average molecular weight is 416 g/mol. The summed E-state index contributed by atoms with van der Waals surface area (Å²) in [4.78, 5) is 32.5. The molecule has 0 spiro atoms. The monoisotopic (exact) mass is 415 g/mol. The number of ether oxygens (including phenoxy) is 1. The zero-order valence-electron chi connectivity index (χ0n) is 16.5. The Hall–Kier alpha value is -2.55. The molecule has 0 radical (unpaired) electrons. The third-order valence-corrected chi connectivity index (χ3v) is 5.86. The number of amides is 2. The number of hydrogen-bond donors (Lipinski definition) is 0. The standard InChI is InChI=1S/C20H25N5O3S/c1-2-28-20(27)24-12-10-23(11-13-24)17(26)14-29-19-21-18(15-8-9-15)25(22-19)16-6-4-3-5-7-16/h3-7,15H,2,8-14H2,1H3. The van der Waals surface area contributed by atoms with Gasteiger partial charge < -0.3 is 14.5 Å². The molecule has 0 bridgehead atoms. The van der Waals surface area contributed by atoms with Gasteiger partial charge in [-0.2, -0.15) is 0 Å². The van der Waals surface area contributed by atoms with E-state index in [4.69, 9.17) is 9.72 Å². The number of carbonyl (C=O) groups is 2. The Morgan fingerprint density at radius 3 is 2.45 bits per heavy atom. The van der Waals surface area contributed by atoms with E-state index in [1.165, 1.54) is 11.8 Å². The van der Waals surface area contributed by atoms with Crippen LogP contribution in [0.4, 0.5) is 4.79 Å². The van der Waals surface area contributed by atoms with E-state index in [0.717, 1.165) is 24.4 Å². The van der Waals surface area contributed by atoms with Gasteiger partial charge in [-0.1, -0.05) is 30.0 Å². The van der Waals surface area contributed by atoms with Gasteiger partial charge >= 0.3 is 6.09 Å². The number of aromatic nitrogens is 3. The minimum Gasteiger partial charge on any atom is -0.450 e. The van der Waals surface area contributed by atoms with Crippen LogP contribution in [0.3, 0.4) is 0 Å². The molecule has 1 aliphatic carbocycles. The van der Waals surface area contributed by atoms with Gasteiger partial charge in [0.25, 0.3) is 0 Å². The van der Waals surface area contributed by atoms with Crippen molar-refractivity contribution < 1.29 is 14.3 Å². The fourth-order valence-electron chi connectivity index (χ4n) is 3.30. The second-order valence-corrected chi connectivity index (χ2v) is 8.07.